The van der Waals surface area contributed by atoms with Gasteiger partial charge in [-0.2, -0.15) is 0 Å². The van der Waals surface area contributed by atoms with Crippen LogP contribution in [0.3, 0.4) is 0 Å². The van der Waals surface area contributed by atoms with E-state index in [1.807, 2.05) is 0 Å². The average Bonchev–Trinajstić information content (AvgIpc) is 3.01. The highest BCUT2D eigenvalue weighted by molar-refractivity contribution is 7.11. The van der Waals surface area contributed by atoms with Crippen molar-refractivity contribution in [1.82, 2.24) is 9.97 Å². The largest absolute Gasteiger partial charge is 0.361 e. The number of fused-ring (bicyclic) bond motifs is 1. The predicted molar refractivity (Wildman–Crippen MR) is 85.4 cm³/mol. The monoisotopic (exact) mass is 285 g/mol. The third kappa shape index (κ3) is 2.37. The Morgan fingerprint density at radius 1 is 1.30 bits per heavy atom. The van der Waals surface area contributed by atoms with E-state index < -0.39 is 0 Å². The minimum absolute atomic E-state index is 0.298. The quantitative estimate of drug-likeness (QED) is 0.770. The molecule has 20 heavy (non-hydrogen) atoms. The molecule has 1 aromatic carbocycles. The molecule has 0 fully saturated rings. The summed E-state index contributed by atoms with van der Waals surface area (Å²) in [6.45, 7) is 4.82. The fourth-order valence-electron chi connectivity index (χ4n) is 2.51. The number of hydrogen-bond donors (Lipinski definition) is 2. The Kier molecular flexibility index (Phi) is 3.59. The van der Waals surface area contributed by atoms with Gasteiger partial charge in [0.25, 0.3) is 0 Å². The molecule has 3 rings (SSSR count). The number of H-pyrrole nitrogens is 1. The number of aryl methyl sites for hydroxylation is 2. The Hall–Kier alpha value is -1.65. The first kappa shape index (κ1) is 13.3. The van der Waals surface area contributed by atoms with E-state index in [0.717, 1.165) is 17.1 Å². The van der Waals surface area contributed by atoms with Crippen molar-refractivity contribution in [3.05, 3.63) is 51.6 Å². The van der Waals surface area contributed by atoms with Gasteiger partial charge < -0.3 is 10.7 Å². The molecular formula is C16H19N3S. The van der Waals surface area contributed by atoms with E-state index in [-0.39, 0.29) is 0 Å². The number of hydrogen-bond acceptors (Lipinski definition) is 3. The molecular weight excluding hydrogens is 266 g/mol. The number of rotatable bonds is 4. The second-order valence-electron chi connectivity index (χ2n) is 5.19. The molecule has 0 aliphatic heterocycles. The fraction of sp³-hybridized carbons (Fsp3) is 0.312. The van der Waals surface area contributed by atoms with E-state index in [0.29, 0.717) is 12.5 Å². The second kappa shape index (κ2) is 5.38. The predicted octanol–water partition coefficient (Wildman–Crippen LogP) is 3.53. The molecule has 2 heterocycles. The fourth-order valence-corrected chi connectivity index (χ4v) is 3.55. The standard InChI is InChI=1S/C16H19N3S/c1-10-11(2)20-16(19-10)12(8-17)7-13-9-18-15-6-4-3-5-14(13)15/h3-6,9,12,18H,7-8,17H2,1-2H3. The molecule has 3 N–H and O–H groups in total. The Balaban J connectivity index is 1.91. The van der Waals surface area contributed by atoms with Crippen LogP contribution in [-0.4, -0.2) is 16.5 Å². The second-order valence-corrected chi connectivity index (χ2v) is 6.42. The van der Waals surface area contributed by atoms with Crippen LogP contribution in [0.5, 0.6) is 0 Å². The summed E-state index contributed by atoms with van der Waals surface area (Å²) >= 11 is 1.77. The molecule has 104 valence electrons. The first-order valence-corrected chi connectivity index (χ1v) is 7.69. The molecule has 2 aromatic heterocycles. The molecule has 3 nitrogen and oxygen atoms in total. The molecule has 1 unspecified atom stereocenters. The first-order chi connectivity index (χ1) is 9.69. The first-order valence-electron chi connectivity index (χ1n) is 6.88. The van der Waals surface area contributed by atoms with Crippen LogP contribution in [0.25, 0.3) is 10.9 Å². The van der Waals surface area contributed by atoms with Crippen molar-refractivity contribution in [2.75, 3.05) is 6.54 Å². The zero-order valence-electron chi connectivity index (χ0n) is 11.8. The lowest BCUT2D eigenvalue weighted by molar-refractivity contribution is 0.689. The maximum absolute atomic E-state index is 5.98. The van der Waals surface area contributed by atoms with Crippen molar-refractivity contribution in [3.8, 4) is 0 Å². The summed E-state index contributed by atoms with van der Waals surface area (Å²) in [5.74, 6) is 0.298. The van der Waals surface area contributed by atoms with Gasteiger partial charge >= 0.3 is 0 Å². The summed E-state index contributed by atoms with van der Waals surface area (Å²) in [4.78, 5) is 9.29. The van der Waals surface area contributed by atoms with Gasteiger partial charge in [0.15, 0.2) is 0 Å². The lowest BCUT2D eigenvalue weighted by atomic mass is 9.99. The van der Waals surface area contributed by atoms with Gasteiger partial charge in [-0.15, -0.1) is 11.3 Å². The van der Waals surface area contributed by atoms with Crippen molar-refractivity contribution in [2.24, 2.45) is 5.73 Å². The highest BCUT2D eigenvalue weighted by atomic mass is 32.1. The molecule has 4 heteroatoms. The maximum atomic E-state index is 5.98. The summed E-state index contributed by atoms with van der Waals surface area (Å²) in [6.07, 6.45) is 3.04. The van der Waals surface area contributed by atoms with E-state index >= 15 is 0 Å². The van der Waals surface area contributed by atoms with Crippen LogP contribution < -0.4 is 5.73 Å². The van der Waals surface area contributed by atoms with Crippen LogP contribution in [0.4, 0.5) is 0 Å². The lowest BCUT2D eigenvalue weighted by Gasteiger charge is -2.11. The normalized spacial score (nSPS) is 12.9. The number of benzene rings is 1. The number of thiazole rings is 1. The summed E-state index contributed by atoms with van der Waals surface area (Å²) in [7, 11) is 0. The van der Waals surface area contributed by atoms with Crippen LogP contribution in [0.1, 0.15) is 27.1 Å². The molecule has 0 aliphatic carbocycles. The molecule has 0 amide bonds. The van der Waals surface area contributed by atoms with Crippen LogP contribution >= 0.6 is 11.3 Å². The van der Waals surface area contributed by atoms with Crippen LogP contribution in [0.15, 0.2) is 30.5 Å². The average molecular weight is 285 g/mol. The molecule has 0 spiro atoms. The number of aromatic amines is 1. The van der Waals surface area contributed by atoms with E-state index in [1.54, 1.807) is 11.3 Å². The van der Waals surface area contributed by atoms with Gasteiger partial charge in [-0.1, -0.05) is 18.2 Å². The maximum Gasteiger partial charge on any atom is 0.0977 e. The summed E-state index contributed by atoms with van der Waals surface area (Å²) in [5.41, 5.74) is 9.61. The van der Waals surface area contributed by atoms with Gasteiger partial charge in [-0.25, -0.2) is 4.98 Å². The summed E-state index contributed by atoms with van der Waals surface area (Å²) < 4.78 is 0. The van der Waals surface area contributed by atoms with Crippen molar-refractivity contribution in [3.63, 3.8) is 0 Å². The highest BCUT2D eigenvalue weighted by Crippen LogP contribution is 2.29. The van der Waals surface area contributed by atoms with Gasteiger partial charge in [0.05, 0.1) is 10.7 Å². The number of para-hydroxylation sites is 1. The van der Waals surface area contributed by atoms with Crippen molar-refractivity contribution >= 4 is 22.2 Å². The van der Waals surface area contributed by atoms with Crippen molar-refractivity contribution in [1.29, 1.82) is 0 Å². The Bertz CT molecular complexity index is 707. The van der Waals surface area contributed by atoms with E-state index in [1.165, 1.54) is 21.3 Å². The zero-order valence-corrected chi connectivity index (χ0v) is 12.6. The van der Waals surface area contributed by atoms with Crippen LogP contribution in [0, 0.1) is 13.8 Å². The zero-order chi connectivity index (χ0) is 14.1. The SMILES string of the molecule is Cc1nc(C(CN)Cc2c[nH]c3ccccc23)sc1C. The van der Waals surface area contributed by atoms with Gasteiger partial charge in [0, 0.05) is 34.4 Å². The smallest absolute Gasteiger partial charge is 0.0977 e. The number of nitrogens with two attached hydrogens (primary N) is 1. The van der Waals surface area contributed by atoms with Crippen LogP contribution in [-0.2, 0) is 6.42 Å². The third-order valence-electron chi connectivity index (χ3n) is 3.82. The molecule has 0 aliphatic rings. The number of nitrogens with zero attached hydrogens (tertiary/aromatic N) is 1. The third-order valence-corrected chi connectivity index (χ3v) is 5.06. The molecule has 0 saturated heterocycles. The Morgan fingerprint density at radius 2 is 2.10 bits per heavy atom. The molecule has 0 radical (unpaired) electrons. The number of aromatic nitrogens is 2. The van der Waals surface area contributed by atoms with Gasteiger partial charge in [-0.3, -0.25) is 0 Å². The van der Waals surface area contributed by atoms with E-state index in [9.17, 15) is 0 Å². The van der Waals surface area contributed by atoms with Gasteiger partial charge in [0.2, 0.25) is 0 Å². The van der Waals surface area contributed by atoms with E-state index in [2.05, 4.69) is 54.3 Å². The van der Waals surface area contributed by atoms with E-state index in [4.69, 9.17) is 5.73 Å². The highest BCUT2D eigenvalue weighted by Gasteiger charge is 2.17. The van der Waals surface area contributed by atoms with Crippen molar-refractivity contribution in [2.45, 2.75) is 26.2 Å². The molecule has 0 saturated carbocycles. The van der Waals surface area contributed by atoms with Gasteiger partial charge in [0.1, 0.15) is 0 Å². The molecule has 0 bridgehead atoms. The number of nitrogens with one attached hydrogen (secondary N) is 1. The Morgan fingerprint density at radius 3 is 2.80 bits per heavy atom. The Labute approximate surface area is 122 Å². The summed E-state index contributed by atoms with van der Waals surface area (Å²) in [5, 5.41) is 2.45. The molecule has 1 atom stereocenters. The lowest BCUT2D eigenvalue weighted by Crippen LogP contribution is -2.14. The summed E-state index contributed by atoms with van der Waals surface area (Å²) in [6, 6.07) is 8.40. The minimum Gasteiger partial charge on any atom is -0.361 e. The minimum atomic E-state index is 0.298. The topological polar surface area (TPSA) is 54.7 Å². The van der Waals surface area contributed by atoms with Crippen molar-refractivity contribution < 1.29 is 0 Å². The molecule has 3 aromatic rings. The van der Waals surface area contributed by atoms with Crippen LogP contribution in [0.2, 0.25) is 0 Å². The van der Waals surface area contributed by atoms with Gasteiger partial charge in [-0.05, 0) is 31.9 Å².